The van der Waals surface area contributed by atoms with E-state index in [2.05, 4.69) is 35.1 Å². The highest BCUT2D eigenvalue weighted by Gasteiger charge is 2.37. The highest BCUT2D eigenvalue weighted by Crippen LogP contribution is 2.40. The maximum Gasteiger partial charge on any atom is 0.416 e. The molecule has 30 heavy (non-hydrogen) atoms. The summed E-state index contributed by atoms with van der Waals surface area (Å²) in [5, 5.41) is 0. The lowest BCUT2D eigenvalue weighted by Crippen LogP contribution is -2.57. The zero-order valence-corrected chi connectivity index (χ0v) is 16.0. The van der Waals surface area contributed by atoms with E-state index in [9.17, 15) is 13.2 Å². The van der Waals surface area contributed by atoms with Crippen LogP contribution in [0, 0.1) is 0 Å². The molecule has 1 heterocycles. The van der Waals surface area contributed by atoms with Crippen molar-refractivity contribution < 1.29 is 13.2 Å². The minimum atomic E-state index is -4.36. The van der Waals surface area contributed by atoms with Gasteiger partial charge in [-0.3, -0.25) is 0 Å². The molecule has 146 valence electrons. The van der Waals surface area contributed by atoms with Gasteiger partial charge >= 0.3 is 13.0 Å². The second-order valence-electron chi connectivity index (χ2n) is 7.33. The Hall–Kier alpha value is -3.47. The Kier molecular flexibility index (Phi) is 4.39. The minimum Gasteiger partial charge on any atom is -0.376 e. The number of rotatable bonds is 2. The third kappa shape index (κ3) is 3.07. The van der Waals surface area contributed by atoms with Crippen molar-refractivity contribution in [2.45, 2.75) is 6.18 Å². The Labute approximate surface area is 173 Å². The van der Waals surface area contributed by atoms with Gasteiger partial charge in [0.15, 0.2) is 0 Å². The fourth-order valence-electron chi connectivity index (χ4n) is 4.23. The summed E-state index contributed by atoms with van der Waals surface area (Å²) in [4.78, 5) is 2.13. The van der Waals surface area contributed by atoms with Gasteiger partial charge in [-0.1, -0.05) is 78.3 Å². The molecular formula is C25H17BF3N. The Bertz CT molecular complexity index is 1190. The molecule has 5 rings (SSSR count). The Morgan fingerprint density at radius 3 is 1.90 bits per heavy atom. The van der Waals surface area contributed by atoms with Crippen LogP contribution in [0.15, 0.2) is 103 Å². The van der Waals surface area contributed by atoms with Crippen LogP contribution in [0.5, 0.6) is 0 Å². The summed E-state index contributed by atoms with van der Waals surface area (Å²) < 4.78 is 39.4. The molecule has 5 heteroatoms. The SMILES string of the molecule is FC(F)(F)c1ccc(N2B(c3ccccc3)c3ccccc3-c3ccccc32)cc1. The first kappa shape index (κ1) is 18.6. The van der Waals surface area contributed by atoms with Crippen LogP contribution in [0.2, 0.25) is 0 Å². The van der Waals surface area contributed by atoms with Crippen LogP contribution in [-0.4, -0.2) is 6.85 Å². The van der Waals surface area contributed by atoms with Gasteiger partial charge in [-0.15, -0.1) is 0 Å². The molecule has 0 unspecified atom stereocenters. The van der Waals surface area contributed by atoms with Crippen molar-refractivity contribution in [1.82, 2.24) is 0 Å². The third-order valence-electron chi connectivity index (χ3n) is 5.56. The number of hydrogen-bond acceptors (Lipinski definition) is 1. The minimum absolute atomic E-state index is 0.144. The Balaban J connectivity index is 1.75. The van der Waals surface area contributed by atoms with Gasteiger partial charge in [0.1, 0.15) is 0 Å². The van der Waals surface area contributed by atoms with E-state index in [1.807, 2.05) is 48.5 Å². The van der Waals surface area contributed by atoms with Crippen molar-refractivity contribution in [3.05, 3.63) is 109 Å². The van der Waals surface area contributed by atoms with Crippen molar-refractivity contribution in [3.63, 3.8) is 0 Å². The zero-order chi connectivity index (χ0) is 20.7. The van der Waals surface area contributed by atoms with Crippen LogP contribution in [0.25, 0.3) is 11.1 Å². The van der Waals surface area contributed by atoms with E-state index in [-0.39, 0.29) is 6.85 Å². The van der Waals surface area contributed by atoms with E-state index in [0.717, 1.165) is 45.6 Å². The molecular weight excluding hydrogens is 382 g/mol. The molecule has 0 N–H and O–H groups in total. The van der Waals surface area contributed by atoms with Crippen LogP contribution in [0.4, 0.5) is 24.5 Å². The topological polar surface area (TPSA) is 3.24 Å². The summed E-state index contributed by atoms with van der Waals surface area (Å²) in [6.07, 6.45) is -4.36. The number of benzene rings is 4. The van der Waals surface area contributed by atoms with Gasteiger partial charge in [-0.2, -0.15) is 13.2 Å². The van der Waals surface area contributed by atoms with Gasteiger partial charge in [0.05, 0.1) is 5.56 Å². The quantitative estimate of drug-likeness (QED) is 0.395. The molecule has 0 aromatic heterocycles. The molecule has 0 radical (unpaired) electrons. The molecule has 0 atom stereocenters. The molecule has 4 aromatic carbocycles. The largest absolute Gasteiger partial charge is 0.416 e. The lowest BCUT2D eigenvalue weighted by molar-refractivity contribution is -0.137. The number of hydrogen-bond donors (Lipinski definition) is 0. The first-order chi connectivity index (χ1) is 14.5. The zero-order valence-electron chi connectivity index (χ0n) is 16.0. The molecule has 4 aromatic rings. The van der Waals surface area contributed by atoms with Crippen LogP contribution in [0.3, 0.4) is 0 Å². The van der Waals surface area contributed by atoms with Crippen molar-refractivity contribution in [2.75, 3.05) is 4.81 Å². The van der Waals surface area contributed by atoms with Gasteiger partial charge in [0.2, 0.25) is 0 Å². The molecule has 0 fully saturated rings. The molecule has 0 bridgehead atoms. The normalized spacial score (nSPS) is 13.0. The van der Waals surface area contributed by atoms with E-state index < -0.39 is 11.7 Å². The molecule has 0 spiro atoms. The number of nitrogens with zero attached hydrogens (tertiary/aromatic N) is 1. The second kappa shape index (κ2) is 7.10. The molecule has 0 aliphatic carbocycles. The smallest absolute Gasteiger partial charge is 0.376 e. The summed E-state index contributed by atoms with van der Waals surface area (Å²) in [5.74, 6) is 0. The summed E-state index contributed by atoms with van der Waals surface area (Å²) in [6.45, 7) is -0.144. The highest BCUT2D eigenvalue weighted by molar-refractivity contribution is 6.90. The number of halogens is 3. The van der Waals surface area contributed by atoms with E-state index in [4.69, 9.17) is 0 Å². The van der Waals surface area contributed by atoms with E-state index >= 15 is 0 Å². The first-order valence-corrected chi connectivity index (χ1v) is 9.74. The van der Waals surface area contributed by atoms with Crippen molar-refractivity contribution in [1.29, 1.82) is 0 Å². The third-order valence-corrected chi connectivity index (χ3v) is 5.56. The number of alkyl halides is 3. The van der Waals surface area contributed by atoms with E-state index in [0.29, 0.717) is 0 Å². The van der Waals surface area contributed by atoms with Crippen molar-refractivity contribution in [2.24, 2.45) is 0 Å². The summed E-state index contributed by atoms with van der Waals surface area (Å²) in [6, 6.07) is 31.8. The van der Waals surface area contributed by atoms with Crippen LogP contribution < -0.4 is 15.7 Å². The lowest BCUT2D eigenvalue weighted by Gasteiger charge is -2.39. The Morgan fingerprint density at radius 1 is 0.600 bits per heavy atom. The predicted molar refractivity (Wildman–Crippen MR) is 117 cm³/mol. The average molecular weight is 399 g/mol. The maximum atomic E-state index is 13.1. The van der Waals surface area contributed by atoms with Gasteiger partial charge in [-0.05, 0) is 41.4 Å². The number of anilines is 2. The van der Waals surface area contributed by atoms with Crippen LogP contribution in [-0.2, 0) is 6.18 Å². The second-order valence-corrected chi connectivity index (χ2v) is 7.33. The summed E-state index contributed by atoms with van der Waals surface area (Å²) >= 11 is 0. The number of para-hydroxylation sites is 1. The van der Waals surface area contributed by atoms with E-state index in [1.54, 1.807) is 12.1 Å². The van der Waals surface area contributed by atoms with Gasteiger partial charge in [0, 0.05) is 16.9 Å². The summed E-state index contributed by atoms with van der Waals surface area (Å²) in [5.41, 5.74) is 5.48. The van der Waals surface area contributed by atoms with Gasteiger partial charge in [-0.25, -0.2) is 0 Å². The highest BCUT2D eigenvalue weighted by atomic mass is 19.4. The Morgan fingerprint density at radius 2 is 1.20 bits per heavy atom. The molecule has 1 aliphatic rings. The molecule has 1 nitrogen and oxygen atoms in total. The fourth-order valence-corrected chi connectivity index (χ4v) is 4.23. The lowest BCUT2D eigenvalue weighted by atomic mass is 9.46. The predicted octanol–water partition coefficient (Wildman–Crippen LogP) is 5.63. The molecule has 0 saturated heterocycles. The first-order valence-electron chi connectivity index (χ1n) is 9.74. The van der Waals surface area contributed by atoms with Crippen molar-refractivity contribution >= 4 is 29.1 Å². The number of fused-ring (bicyclic) bond motifs is 3. The molecule has 0 saturated carbocycles. The van der Waals surface area contributed by atoms with E-state index in [1.165, 1.54) is 0 Å². The van der Waals surface area contributed by atoms with Crippen LogP contribution in [0.1, 0.15) is 5.56 Å². The van der Waals surface area contributed by atoms with Gasteiger partial charge in [0.25, 0.3) is 0 Å². The van der Waals surface area contributed by atoms with Crippen LogP contribution >= 0.6 is 0 Å². The van der Waals surface area contributed by atoms with Crippen molar-refractivity contribution in [3.8, 4) is 11.1 Å². The fraction of sp³-hybridized carbons (Fsp3) is 0.0400. The molecule has 0 amide bonds. The average Bonchev–Trinajstić information content (AvgIpc) is 2.78. The van der Waals surface area contributed by atoms with Gasteiger partial charge < -0.3 is 4.81 Å². The molecule has 1 aliphatic heterocycles. The monoisotopic (exact) mass is 399 g/mol. The standard InChI is InChI=1S/C25H17BF3N/c27-25(28,29)18-14-16-20(17-15-18)30-24-13-7-5-11-22(24)21-10-4-6-12-23(21)26(30)19-8-2-1-3-9-19/h1-17H. The summed E-state index contributed by atoms with van der Waals surface area (Å²) in [7, 11) is 0. The maximum absolute atomic E-state index is 13.1.